The van der Waals surface area contributed by atoms with E-state index in [9.17, 15) is 22.4 Å². The summed E-state index contributed by atoms with van der Waals surface area (Å²) in [5, 5.41) is 3.42. The molecule has 0 aromatic heterocycles. The van der Waals surface area contributed by atoms with Crippen LogP contribution in [-0.2, 0) is 26.2 Å². The molecule has 1 unspecified atom stereocenters. The van der Waals surface area contributed by atoms with Crippen molar-refractivity contribution in [2.45, 2.75) is 75.9 Å². The Kier molecular flexibility index (Phi) is 11.1. The van der Waals surface area contributed by atoms with Gasteiger partial charge in [-0.2, -0.15) is 0 Å². The lowest BCUT2D eigenvalue weighted by Gasteiger charge is -2.34. The lowest BCUT2D eigenvalue weighted by atomic mass is 9.95. The highest BCUT2D eigenvalue weighted by Gasteiger charge is 2.35. The van der Waals surface area contributed by atoms with Crippen molar-refractivity contribution in [2.75, 3.05) is 10.8 Å². The Hall–Kier alpha value is -3.14. The van der Waals surface area contributed by atoms with Crippen LogP contribution in [0.5, 0.6) is 0 Å². The van der Waals surface area contributed by atoms with Gasteiger partial charge in [-0.25, -0.2) is 12.8 Å². The quantitative estimate of drug-likeness (QED) is 0.245. The third kappa shape index (κ3) is 8.28. The Morgan fingerprint density at radius 3 is 2.26 bits per heavy atom. The molecule has 0 radical (unpaired) electrons. The van der Waals surface area contributed by atoms with E-state index in [-0.39, 0.29) is 45.5 Å². The molecular formula is C32H36Cl2FN3O4S. The number of sulfonamides is 1. The molecule has 1 aliphatic carbocycles. The van der Waals surface area contributed by atoms with E-state index in [2.05, 4.69) is 5.32 Å². The average Bonchev–Trinajstić information content (AvgIpc) is 2.98. The smallest absolute Gasteiger partial charge is 0.264 e. The molecule has 1 N–H and O–H groups in total. The van der Waals surface area contributed by atoms with Gasteiger partial charge < -0.3 is 10.2 Å². The van der Waals surface area contributed by atoms with Crippen LogP contribution in [0.4, 0.5) is 10.1 Å². The van der Waals surface area contributed by atoms with Crippen molar-refractivity contribution in [1.82, 2.24) is 10.2 Å². The first kappa shape index (κ1) is 32.8. The normalized spacial score (nSPS) is 14.6. The lowest BCUT2D eigenvalue weighted by Crippen LogP contribution is -2.54. The van der Waals surface area contributed by atoms with Gasteiger partial charge in [0.2, 0.25) is 11.8 Å². The summed E-state index contributed by atoms with van der Waals surface area (Å²) in [6, 6.07) is 15.4. The summed E-state index contributed by atoms with van der Waals surface area (Å²) in [6.07, 6.45) is 5.18. The van der Waals surface area contributed by atoms with Gasteiger partial charge >= 0.3 is 0 Å². The monoisotopic (exact) mass is 647 g/mol. The van der Waals surface area contributed by atoms with Crippen molar-refractivity contribution in [3.63, 3.8) is 0 Å². The number of carbonyl (C=O) groups is 2. The van der Waals surface area contributed by atoms with Crippen LogP contribution in [-0.4, -0.2) is 43.8 Å². The van der Waals surface area contributed by atoms with Gasteiger partial charge in [-0.15, -0.1) is 0 Å². The second-order valence-electron chi connectivity index (χ2n) is 10.8. The van der Waals surface area contributed by atoms with Gasteiger partial charge in [0, 0.05) is 17.6 Å². The predicted octanol–water partition coefficient (Wildman–Crippen LogP) is 6.89. The molecule has 0 bridgehead atoms. The number of aryl methyl sites for hydroxylation is 1. The first-order chi connectivity index (χ1) is 20.5. The fourth-order valence-electron chi connectivity index (χ4n) is 5.28. The molecule has 0 saturated heterocycles. The highest BCUT2D eigenvalue weighted by molar-refractivity contribution is 7.92. The molecule has 0 spiro atoms. The number of hydrogen-bond acceptors (Lipinski definition) is 4. The molecule has 2 amide bonds. The number of carbonyl (C=O) groups excluding carboxylic acids is 2. The second kappa shape index (κ2) is 14.6. The summed E-state index contributed by atoms with van der Waals surface area (Å²) >= 11 is 12.7. The number of amides is 2. The minimum absolute atomic E-state index is 0.0155. The summed E-state index contributed by atoms with van der Waals surface area (Å²) in [5.74, 6) is -1.37. The molecule has 7 nitrogen and oxygen atoms in total. The van der Waals surface area contributed by atoms with Gasteiger partial charge in [0.15, 0.2) is 0 Å². The molecule has 11 heteroatoms. The van der Waals surface area contributed by atoms with E-state index >= 15 is 0 Å². The Bertz CT molecular complexity index is 1530. The van der Waals surface area contributed by atoms with Crippen molar-refractivity contribution >= 4 is 50.7 Å². The molecule has 3 aromatic carbocycles. The van der Waals surface area contributed by atoms with Crippen LogP contribution >= 0.6 is 23.2 Å². The summed E-state index contributed by atoms with van der Waals surface area (Å²) < 4.78 is 42.7. The zero-order valence-electron chi connectivity index (χ0n) is 24.2. The van der Waals surface area contributed by atoms with Crippen LogP contribution in [0.1, 0.15) is 56.6 Å². The molecule has 1 aliphatic rings. The number of anilines is 1. The van der Waals surface area contributed by atoms with Gasteiger partial charge in [-0.05, 0) is 74.2 Å². The number of benzene rings is 3. The number of rotatable bonds is 11. The topological polar surface area (TPSA) is 86.8 Å². The Morgan fingerprint density at radius 1 is 0.977 bits per heavy atom. The fraction of sp³-hybridized carbons (Fsp3) is 0.375. The first-order valence-electron chi connectivity index (χ1n) is 14.4. The van der Waals surface area contributed by atoms with E-state index in [4.69, 9.17) is 23.2 Å². The molecule has 1 atom stereocenters. The summed E-state index contributed by atoms with van der Waals surface area (Å²) in [4.78, 5) is 29.1. The van der Waals surface area contributed by atoms with Crippen LogP contribution in [0.25, 0.3) is 0 Å². The zero-order chi connectivity index (χ0) is 31.1. The van der Waals surface area contributed by atoms with E-state index in [1.165, 1.54) is 59.5 Å². The molecule has 3 aromatic rings. The maximum absolute atomic E-state index is 14.2. The fourth-order valence-corrected chi connectivity index (χ4v) is 7.14. The summed E-state index contributed by atoms with van der Waals surface area (Å²) in [7, 11) is -4.30. The Morgan fingerprint density at radius 2 is 1.63 bits per heavy atom. The zero-order valence-corrected chi connectivity index (χ0v) is 26.6. The third-order valence-electron chi connectivity index (χ3n) is 7.67. The minimum Gasteiger partial charge on any atom is -0.352 e. The van der Waals surface area contributed by atoms with E-state index in [0.29, 0.717) is 5.56 Å². The van der Waals surface area contributed by atoms with Crippen LogP contribution in [0.2, 0.25) is 10.0 Å². The Balaban J connectivity index is 1.73. The van der Waals surface area contributed by atoms with Gasteiger partial charge in [0.1, 0.15) is 18.4 Å². The van der Waals surface area contributed by atoms with Crippen molar-refractivity contribution in [3.8, 4) is 0 Å². The van der Waals surface area contributed by atoms with Crippen LogP contribution in [0.3, 0.4) is 0 Å². The van der Waals surface area contributed by atoms with Crippen LogP contribution in [0.15, 0.2) is 71.6 Å². The number of halogens is 3. The molecule has 4 rings (SSSR count). The highest BCUT2D eigenvalue weighted by Crippen LogP contribution is 2.33. The maximum Gasteiger partial charge on any atom is 0.264 e. The molecule has 1 saturated carbocycles. The largest absolute Gasteiger partial charge is 0.352 e. The van der Waals surface area contributed by atoms with Crippen molar-refractivity contribution < 1.29 is 22.4 Å². The number of nitrogens with zero attached hydrogens (tertiary/aromatic N) is 2. The van der Waals surface area contributed by atoms with Crippen molar-refractivity contribution in [2.24, 2.45) is 0 Å². The van der Waals surface area contributed by atoms with Gasteiger partial charge in [-0.1, -0.05) is 79.2 Å². The molecule has 230 valence electrons. The number of hydrogen-bond donors (Lipinski definition) is 1. The van der Waals surface area contributed by atoms with Gasteiger partial charge in [0.05, 0.1) is 15.6 Å². The SMILES string of the molecule is CCC(C(=O)NC1CCCCC1)N(Cc1ccc(F)cc1)C(=O)CN(c1cc(Cl)ccc1Cl)S(=O)(=O)c1ccc(C)cc1. The van der Waals surface area contributed by atoms with Crippen molar-refractivity contribution in [1.29, 1.82) is 0 Å². The highest BCUT2D eigenvalue weighted by atomic mass is 35.5. The van der Waals surface area contributed by atoms with Crippen molar-refractivity contribution in [3.05, 3.63) is 93.7 Å². The standard InChI is InChI=1S/C32H36Cl2FN3O4S/c1-3-29(32(40)36-26-7-5-4-6-8-26)37(20-23-11-14-25(35)15-12-23)31(39)21-38(30-19-24(33)13-18-28(30)34)43(41,42)27-16-9-22(2)10-17-27/h9-19,26,29H,3-8,20-21H2,1-2H3,(H,36,40). The number of nitrogens with one attached hydrogen (secondary N) is 1. The van der Waals surface area contributed by atoms with E-state index in [1.807, 2.05) is 6.92 Å². The molecule has 1 fully saturated rings. The minimum atomic E-state index is -4.30. The van der Waals surface area contributed by atoms with E-state index in [1.54, 1.807) is 19.1 Å². The van der Waals surface area contributed by atoms with Gasteiger partial charge in [-0.3, -0.25) is 13.9 Å². The van der Waals surface area contributed by atoms with Gasteiger partial charge in [0.25, 0.3) is 10.0 Å². The summed E-state index contributed by atoms with van der Waals surface area (Å²) in [5.41, 5.74) is 1.49. The lowest BCUT2D eigenvalue weighted by molar-refractivity contribution is -0.140. The molecule has 0 aliphatic heterocycles. The summed E-state index contributed by atoms with van der Waals surface area (Å²) in [6.45, 7) is 2.95. The van der Waals surface area contributed by atoms with Crippen LogP contribution in [0, 0.1) is 12.7 Å². The van der Waals surface area contributed by atoms with Crippen LogP contribution < -0.4 is 9.62 Å². The molecule has 43 heavy (non-hydrogen) atoms. The second-order valence-corrected chi connectivity index (χ2v) is 13.5. The van der Waals surface area contributed by atoms with E-state index < -0.39 is 34.3 Å². The maximum atomic E-state index is 14.2. The average molecular weight is 649 g/mol. The predicted molar refractivity (Wildman–Crippen MR) is 168 cm³/mol. The Labute approximate surface area is 263 Å². The molecule has 0 heterocycles. The first-order valence-corrected chi connectivity index (χ1v) is 16.6. The molecular weight excluding hydrogens is 612 g/mol. The third-order valence-corrected chi connectivity index (χ3v) is 10.00. The van der Waals surface area contributed by atoms with E-state index in [0.717, 1.165) is 42.0 Å².